The Morgan fingerprint density at radius 2 is 1.96 bits per heavy atom. The quantitative estimate of drug-likeness (QED) is 0.625. The molecule has 25 heavy (non-hydrogen) atoms. The molecule has 3 heterocycles. The molecule has 0 saturated heterocycles. The highest BCUT2D eigenvalue weighted by Crippen LogP contribution is 2.18. The molecule has 0 aliphatic rings. The van der Waals surface area contributed by atoms with Crippen molar-refractivity contribution in [1.82, 2.24) is 24.5 Å². The standard InChI is InChI=1S/C19H17N5O/c1-14(15-6-4-7-16(12-15)23-9-2-3-10-23)22-19(25)17-13-21-24-11-5-8-20-18(17)24/h2-14H,1H3,(H,22,25). The normalized spacial score (nSPS) is 12.2. The van der Waals surface area contributed by atoms with E-state index in [1.807, 2.05) is 54.2 Å². The molecule has 0 radical (unpaired) electrons. The van der Waals surface area contributed by atoms with Crippen LogP contribution in [0.3, 0.4) is 0 Å². The van der Waals surface area contributed by atoms with E-state index in [4.69, 9.17) is 0 Å². The van der Waals surface area contributed by atoms with E-state index in [2.05, 4.69) is 21.5 Å². The molecule has 1 N–H and O–H groups in total. The number of hydrogen-bond donors (Lipinski definition) is 1. The molecule has 1 aromatic carbocycles. The number of amides is 1. The van der Waals surface area contributed by atoms with Crippen LogP contribution in [0.15, 0.2) is 73.4 Å². The van der Waals surface area contributed by atoms with Crippen LogP contribution < -0.4 is 5.32 Å². The van der Waals surface area contributed by atoms with Crippen LogP contribution in [0, 0.1) is 0 Å². The number of carbonyl (C=O) groups excluding carboxylic acids is 1. The SMILES string of the molecule is CC(NC(=O)c1cnn2cccnc12)c1cccc(-n2cccc2)c1. The Kier molecular flexibility index (Phi) is 3.78. The second kappa shape index (κ2) is 6.24. The molecule has 6 heteroatoms. The van der Waals surface area contributed by atoms with Gasteiger partial charge >= 0.3 is 0 Å². The summed E-state index contributed by atoms with van der Waals surface area (Å²) in [5, 5.41) is 7.18. The third kappa shape index (κ3) is 2.89. The molecule has 124 valence electrons. The number of hydrogen-bond acceptors (Lipinski definition) is 3. The maximum absolute atomic E-state index is 12.6. The molecule has 4 aromatic rings. The van der Waals surface area contributed by atoms with E-state index in [0.29, 0.717) is 11.2 Å². The fourth-order valence-corrected chi connectivity index (χ4v) is 2.81. The minimum atomic E-state index is -0.187. The van der Waals surface area contributed by atoms with Gasteiger partial charge in [0.05, 0.1) is 12.2 Å². The lowest BCUT2D eigenvalue weighted by Crippen LogP contribution is -2.26. The fraction of sp³-hybridized carbons (Fsp3) is 0.105. The first-order chi connectivity index (χ1) is 12.2. The van der Waals surface area contributed by atoms with Gasteiger partial charge in [0.15, 0.2) is 5.65 Å². The number of aromatic nitrogens is 4. The number of nitrogens with zero attached hydrogens (tertiary/aromatic N) is 4. The fourth-order valence-electron chi connectivity index (χ4n) is 2.81. The zero-order valence-corrected chi connectivity index (χ0v) is 13.7. The van der Waals surface area contributed by atoms with Crippen molar-refractivity contribution >= 4 is 11.6 Å². The van der Waals surface area contributed by atoms with Gasteiger partial charge in [-0.2, -0.15) is 5.10 Å². The van der Waals surface area contributed by atoms with Crippen LogP contribution >= 0.6 is 0 Å². The zero-order chi connectivity index (χ0) is 17.2. The van der Waals surface area contributed by atoms with Gasteiger partial charge in [-0.3, -0.25) is 4.79 Å². The van der Waals surface area contributed by atoms with Gasteiger partial charge < -0.3 is 9.88 Å². The largest absolute Gasteiger partial charge is 0.345 e. The predicted molar refractivity (Wildman–Crippen MR) is 94.6 cm³/mol. The van der Waals surface area contributed by atoms with Crippen molar-refractivity contribution in [2.45, 2.75) is 13.0 Å². The van der Waals surface area contributed by atoms with Crippen LogP contribution in [0.4, 0.5) is 0 Å². The van der Waals surface area contributed by atoms with Gasteiger partial charge in [0.2, 0.25) is 0 Å². The van der Waals surface area contributed by atoms with Crippen molar-refractivity contribution in [3.8, 4) is 5.69 Å². The van der Waals surface area contributed by atoms with Crippen LogP contribution in [0.25, 0.3) is 11.3 Å². The lowest BCUT2D eigenvalue weighted by Gasteiger charge is -2.15. The van der Waals surface area contributed by atoms with E-state index < -0.39 is 0 Å². The summed E-state index contributed by atoms with van der Waals surface area (Å²) in [5.41, 5.74) is 3.10. The zero-order valence-electron chi connectivity index (χ0n) is 13.7. The Hall–Kier alpha value is -3.41. The van der Waals surface area contributed by atoms with Crippen molar-refractivity contribution in [3.05, 3.63) is 84.6 Å². The van der Waals surface area contributed by atoms with E-state index in [1.165, 1.54) is 0 Å². The Morgan fingerprint density at radius 1 is 1.12 bits per heavy atom. The molecular formula is C19H17N5O. The maximum Gasteiger partial charge on any atom is 0.257 e. The van der Waals surface area contributed by atoms with Crippen molar-refractivity contribution in [2.24, 2.45) is 0 Å². The third-order valence-corrected chi connectivity index (χ3v) is 4.14. The number of fused-ring (bicyclic) bond motifs is 1. The number of benzene rings is 1. The first-order valence-corrected chi connectivity index (χ1v) is 8.05. The summed E-state index contributed by atoms with van der Waals surface area (Å²) in [4.78, 5) is 16.8. The van der Waals surface area contributed by atoms with E-state index in [1.54, 1.807) is 29.2 Å². The molecule has 0 fully saturated rings. The monoisotopic (exact) mass is 331 g/mol. The van der Waals surface area contributed by atoms with Crippen LogP contribution in [0.2, 0.25) is 0 Å². The van der Waals surface area contributed by atoms with E-state index in [0.717, 1.165) is 11.3 Å². The van der Waals surface area contributed by atoms with Gasteiger partial charge in [0.1, 0.15) is 5.56 Å². The second-order valence-corrected chi connectivity index (χ2v) is 5.83. The molecule has 0 bridgehead atoms. The topological polar surface area (TPSA) is 64.2 Å². The first-order valence-electron chi connectivity index (χ1n) is 8.05. The molecule has 0 spiro atoms. The summed E-state index contributed by atoms with van der Waals surface area (Å²) < 4.78 is 3.62. The van der Waals surface area contributed by atoms with Crippen molar-refractivity contribution < 1.29 is 4.79 Å². The number of carbonyl (C=O) groups is 1. The molecule has 1 unspecified atom stereocenters. The highest BCUT2D eigenvalue weighted by Gasteiger charge is 2.16. The molecule has 1 atom stereocenters. The molecule has 1 amide bonds. The summed E-state index contributed by atoms with van der Waals surface area (Å²) in [7, 11) is 0. The van der Waals surface area contributed by atoms with Gasteiger partial charge in [0.25, 0.3) is 5.91 Å². The summed E-state index contributed by atoms with van der Waals surface area (Å²) in [5.74, 6) is -0.187. The van der Waals surface area contributed by atoms with Crippen molar-refractivity contribution in [1.29, 1.82) is 0 Å². The van der Waals surface area contributed by atoms with Gasteiger partial charge in [-0.15, -0.1) is 0 Å². The van der Waals surface area contributed by atoms with Crippen LogP contribution in [0.1, 0.15) is 28.9 Å². The van der Waals surface area contributed by atoms with Crippen molar-refractivity contribution in [3.63, 3.8) is 0 Å². The molecule has 4 rings (SSSR count). The van der Waals surface area contributed by atoms with Crippen LogP contribution in [-0.2, 0) is 0 Å². The lowest BCUT2D eigenvalue weighted by molar-refractivity contribution is 0.0941. The maximum atomic E-state index is 12.6. The second-order valence-electron chi connectivity index (χ2n) is 5.83. The molecule has 0 saturated carbocycles. The average molecular weight is 331 g/mol. The lowest BCUT2D eigenvalue weighted by atomic mass is 10.1. The summed E-state index contributed by atoms with van der Waals surface area (Å²) >= 11 is 0. The predicted octanol–water partition coefficient (Wildman–Crippen LogP) is 3.01. The minimum Gasteiger partial charge on any atom is -0.345 e. The molecule has 6 nitrogen and oxygen atoms in total. The van der Waals surface area contributed by atoms with Gasteiger partial charge in [0, 0.05) is 30.5 Å². The van der Waals surface area contributed by atoms with Crippen LogP contribution in [0.5, 0.6) is 0 Å². The first kappa shape index (κ1) is 15.1. The van der Waals surface area contributed by atoms with E-state index in [9.17, 15) is 4.79 Å². The third-order valence-electron chi connectivity index (χ3n) is 4.14. The average Bonchev–Trinajstić information content (AvgIpc) is 3.31. The highest BCUT2D eigenvalue weighted by molar-refractivity contribution is 5.99. The highest BCUT2D eigenvalue weighted by atomic mass is 16.1. The van der Waals surface area contributed by atoms with E-state index in [-0.39, 0.29) is 11.9 Å². The minimum absolute atomic E-state index is 0.137. The van der Waals surface area contributed by atoms with Gasteiger partial charge in [-0.1, -0.05) is 12.1 Å². The molecule has 3 aromatic heterocycles. The molecule has 0 aliphatic heterocycles. The summed E-state index contributed by atoms with van der Waals surface area (Å²) in [6, 6.07) is 13.7. The summed E-state index contributed by atoms with van der Waals surface area (Å²) in [6.07, 6.45) is 8.95. The van der Waals surface area contributed by atoms with Crippen molar-refractivity contribution in [2.75, 3.05) is 0 Å². The summed E-state index contributed by atoms with van der Waals surface area (Å²) in [6.45, 7) is 1.96. The number of rotatable bonds is 4. The van der Waals surface area contributed by atoms with E-state index >= 15 is 0 Å². The molecular weight excluding hydrogens is 314 g/mol. The number of nitrogens with one attached hydrogen (secondary N) is 1. The molecule has 0 aliphatic carbocycles. The smallest absolute Gasteiger partial charge is 0.257 e. The Balaban J connectivity index is 1.57. The Bertz CT molecular complexity index is 1020. The van der Waals surface area contributed by atoms with Crippen LogP contribution in [-0.4, -0.2) is 25.1 Å². The van der Waals surface area contributed by atoms with Gasteiger partial charge in [-0.25, -0.2) is 9.50 Å². The Morgan fingerprint density at radius 3 is 2.80 bits per heavy atom. The van der Waals surface area contributed by atoms with Gasteiger partial charge in [-0.05, 0) is 42.8 Å². The Labute approximate surface area is 144 Å².